The Balaban J connectivity index is 1.74. The average molecular weight is 308 g/mol. The molecule has 8 atom stereocenters. The van der Waals surface area contributed by atoms with Crippen molar-refractivity contribution in [1.29, 1.82) is 0 Å². The van der Waals surface area contributed by atoms with Crippen LogP contribution in [0.1, 0.15) is 58.8 Å². The fourth-order valence-electron chi connectivity index (χ4n) is 6.83. The van der Waals surface area contributed by atoms with Crippen molar-refractivity contribution in [3.05, 3.63) is 11.6 Å². The monoisotopic (exact) mass is 308 g/mol. The van der Waals surface area contributed by atoms with Crippen molar-refractivity contribution in [1.82, 2.24) is 0 Å². The first-order chi connectivity index (χ1) is 10.4. The molecule has 0 unspecified atom stereocenters. The van der Waals surface area contributed by atoms with E-state index in [1.54, 1.807) is 0 Å². The minimum Gasteiger partial charge on any atom is -0.393 e. The highest BCUT2D eigenvalue weighted by Crippen LogP contribution is 2.65. The van der Waals surface area contributed by atoms with E-state index < -0.39 is 23.8 Å². The van der Waals surface area contributed by atoms with Crippen LogP contribution in [0.3, 0.4) is 0 Å². The Morgan fingerprint density at radius 1 is 1.27 bits per heavy atom. The maximum atomic E-state index is 14.2. The standard InChI is InChI=1S/C19H29FO2/c1-18-8-4-3-5-11(18)6-7-12-13-9-14(20)17(22)19(13,2)10-15(21)16(12)18/h5,12-17,21-22H,3-4,6-10H2,1-2H3/t12-,13-,14+,15-,16+,17+,18-,19-/m0/s1. The van der Waals surface area contributed by atoms with Gasteiger partial charge in [-0.25, -0.2) is 4.39 Å². The summed E-state index contributed by atoms with van der Waals surface area (Å²) in [4.78, 5) is 0. The summed E-state index contributed by atoms with van der Waals surface area (Å²) in [6.07, 6.45) is 6.72. The van der Waals surface area contributed by atoms with Gasteiger partial charge >= 0.3 is 0 Å². The second-order valence-corrected chi connectivity index (χ2v) is 8.85. The van der Waals surface area contributed by atoms with Crippen molar-refractivity contribution in [2.75, 3.05) is 0 Å². The molecule has 124 valence electrons. The maximum absolute atomic E-state index is 14.2. The van der Waals surface area contributed by atoms with Gasteiger partial charge in [-0.3, -0.25) is 0 Å². The fraction of sp³-hybridized carbons (Fsp3) is 0.895. The van der Waals surface area contributed by atoms with Gasteiger partial charge in [0.05, 0.1) is 12.2 Å². The minimum atomic E-state index is -1.11. The topological polar surface area (TPSA) is 40.5 Å². The normalized spacial score (nSPS) is 57.6. The van der Waals surface area contributed by atoms with Crippen LogP contribution < -0.4 is 0 Å². The summed E-state index contributed by atoms with van der Waals surface area (Å²) in [7, 11) is 0. The third-order valence-electron chi connectivity index (χ3n) is 7.89. The highest BCUT2D eigenvalue weighted by Gasteiger charge is 2.63. The first-order valence-corrected chi connectivity index (χ1v) is 9.07. The van der Waals surface area contributed by atoms with Crippen LogP contribution in [0.15, 0.2) is 11.6 Å². The van der Waals surface area contributed by atoms with E-state index in [0.717, 1.165) is 19.3 Å². The van der Waals surface area contributed by atoms with Crippen molar-refractivity contribution >= 4 is 0 Å². The van der Waals surface area contributed by atoms with Gasteiger partial charge in [0.2, 0.25) is 0 Å². The Kier molecular flexibility index (Phi) is 3.30. The van der Waals surface area contributed by atoms with Gasteiger partial charge in [0.25, 0.3) is 0 Å². The highest BCUT2D eigenvalue weighted by molar-refractivity contribution is 5.25. The molecule has 4 aliphatic carbocycles. The number of fused-ring (bicyclic) bond motifs is 5. The lowest BCUT2D eigenvalue weighted by molar-refractivity contribution is -0.141. The van der Waals surface area contributed by atoms with Gasteiger partial charge < -0.3 is 10.2 Å². The number of hydrogen-bond donors (Lipinski definition) is 2. The molecule has 0 spiro atoms. The molecule has 3 fully saturated rings. The van der Waals surface area contributed by atoms with E-state index >= 15 is 0 Å². The van der Waals surface area contributed by atoms with Crippen molar-refractivity contribution in [2.45, 2.75) is 77.2 Å². The van der Waals surface area contributed by atoms with Crippen LogP contribution in [0.4, 0.5) is 4.39 Å². The number of hydrogen-bond acceptors (Lipinski definition) is 2. The highest BCUT2D eigenvalue weighted by atomic mass is 19.1. The van der Waals surface area contributed by atoms with Crippen LogP contribution in [0, 0.1) is 28.6 Å². The van der Waals surface area contributed by atoms with Crippen LogP contribution in [0.5, 0.6) is 0 Å². The van der Waals surface area contributed by atoms with E-state index in [1.165, 1.54) is 18.4 Å². The smallest absolute Gasteiger partial charge is 0.127 e. The van der Waals surface area contributed by atoms with Crippen LogP contribution in [0.2, 0.25) is 0 Å². The molecule has 0 amide bonds. The molecule has 2 N–H and O–H groups in total. The lowest BCUT2D eigenvalue weighted by atomic mass is 9.46. The molecule has 0 aliphatic heterocycles. The van der Waals surface area contributed by atoms with E-state index in [4.69, 9.17) is 0 Å². The molecule has 0 heterocycles. The van der Waals surface area contributed by atoms with Crippen LogP contribution in [-0.2, 0) is 0 Å². The Morgan fingerprint density at radius 3 is 2.82 bits per heavy atom. The summed E-state index contributed by atoms with van der Waals surface area (Å²) in [6, 6.07) is 0. The molecule has 0 saturated heterocycles. The van der Waals surface area contributed by atoms with Crippen molar-refractivity contribution in [2.24, 2.45) is 28.6 Å². The Bertz CT molecular complexity index is 504. The minimum absolute atomic E-state index is 0.0985. The molecule has 4 rings (SSSR count). The maximum Gasteiger partial charge on any atom is 0.127 e. The second kappa shape index (κ2) is 4.80. The Morgan fingerprint density at radius 2 is 2.05 bits per heavy atom. The third-order valence-corrected chi connectivity index (χ3v) is 7.89. The zero-order chi connectivity index (χ0) is 15.7. The van der Waals surface area contributed by atoms with Gasteiger partial charge in [0.1, 0.15) is 6.17 Å². The molecule has 0 aromatic carbocycles. The van der Waals surface area contributed by atoms with Gasteiger partial charge in [0, 0.05) is 5.41 Å². The van der Waals surface area contributed by atoms with Gasteiger partial charge in [-0.15, -0.1) is 0 Å². The third kappa shape index (κ3) is 1.78. The molecule has 0 aromatic rings. The van der Waals surface area contributed by atoms with Crippen molar-refractivity contribution < 1.29 is 14.6 Å². The number of halogens is 1. The first-order valence-electron chi connectivity index (χ1n) is 9.07. The summed E-state index contributed by atoms with van der Waals surface area (Å²) in [5.41, 5.74) is 1.20. The van der Waals surface area contributed by atoms with Crippen LogP contribution >= 0.6 is 0 Å². The van der Waals surface area contributed by atoms with E-state index in [9.17, 15) is 14.6 Å². The van der Waals surface area contributed by atoms with Crippen molar-refractivity contribution in [3.8, 4) is 0 Å². The molecular weight excluding hydrogens is 279 g/mol. The SMILES string of the molecule is C[C@]12C[C@H](O)[C@H]3[C@@H](CCC4=CCCC[C@@]43C)[C@@H]1C[C@@H](F)[C@H]2O. The van der Waals surface area contributed by atoms with Crippen LogP contribution in [-0.4, -0.2) is 28.6 Å². The molecule has 2 nitrogen and oxygen atoms in total. The van der Waals surface area contributed by atoms with Crippen LogP contribution in [0.25, 0.3) is 0 Å². The van der Waals surface area contributed by atoms with E-state index in [1.807, 2.05) is 6.92 Å². The molecule has 0 aromatic heterocycles. The van der Waals surface area contributed by atoms with E-state index in [2.05, 4.69) is 13.0 Å². The molecule has 0 radical (unpaired) electrons. The Labute approximate surface area is 132 Å². The summed E-state index contributed by atoms with van der Waals surface area (Å²) in [6.45, 7) is 4.34. The second-order valence-electron chi connectivity index (χ2n) is 8.85. The predicted octanol–water partition coefficient (Wildman–Crippen LogP) is 3.62. The van der Waals surface area contributed by atoms with Crippen molar-refractivity contribution in [3.63, 3.8) is 0 Å². The van der Waals surface area contributed by atoms with Gasteiger partial charge in [0.15, 0.2) is 0 Å². The first kappa shape index (κ1) is 15.1. The molecule has 3 heteroatoms. The quantitative estimate of drug-likeness (QED) is 0.671. The zero-order valence-corrected chi connectivity index (χ0v) is 13.8. The number of aliphatic hydroxyl groups excluding tert-OH is 2. The van der Waals surface area contributed by atoms with Gasteiger partial charge in [-0.1, -0.05) is 25.5 Å². The summed E-state index contributed by atoms with van der Waals surface area (Å²) >= 11 is 0. The number of rotatable bonds is 0. The lowest BCUT2D eigenvalue weighted by Crippen LogP contribution is -2.57. The van der Waals surface area contributed by atoms with Gasteiger partial charge in [-0.2, -0.15) is 0 Å². The summed E-state index contributed by atoms with van der Waals surface area (Å²) in [5, 5.41) is 21.3. The molecular formula is C19H29FO2. The average Bonchev–Trinajstić information content (AvgIpc) is 2.70. The summed E-state index contributed by atoms with van der Waals surface area (Å²) < 4.78 is 14.2. The number of allylic oxidation sites excluding steroid dienone is 2. The predicted molar refractivity (Wildman–Crippen MR) is 84.0 cm³/mol. The molecule has 22 heavy (non-hydrogen) atoms. The fourth-order valence-corrected chi connectivity index (χ4v) is 6.83. The summed E-state index contributed by atoms with van der Waals surface area (Å²) in [5.74, 6) is 0.846. The molecule has 0 bridgehead atoms. The number of aliphatic hydroxyl groups is 2. The zero-order valence-electron chi connectivity index (χ0n) is 13.8. The molecule has 4 aliphatic rings. The number of alkyl halides is 1. The molecule has 3 saturated carbocycles. The van der Waals surface area contributed by atoms with E-state index in [-0.39, 0.29) is 17.3 Å². The van der Waals surface area contributed by atoms with Gasteiger partial charge in [-0.05, 0) is 68.1 Å². The van der Waals surface area contributed by atoms with E-state index in [0.29, 0.717) is 18.8 Å². The lowest BCUT2D eigenvalue weighted by Gasteiger charge is -2.59. The Hall–Kier alpha value is -0.410. The largest absolute Gasteiger partial charge is 0.393 e.